The van der Waals surface area contributed by atoms with Gasteiger partial charge in [-0.05, 0) is 0 Å². The fourth-order valence-corrected chi connectivity index (χ4v) is 3.13. The predicted octanol–water partition coefficient (Wildman–Crippen LogP) is 2.28. The summed E-state index contributed by atoms with van der Waals surface area (Å²) in [6, 6.07) is 14.1. The maximum absolute atomic E-state index is 11.7. The molecule has 1 amide bonds. The smallest absolute Gasteiger partial charge is 0.409 e. The van der Waals surface area contributed by atoms with Crippen LogP contribution in [0, 0.1) is 0 Å². The van der Waals surface area contributed by atoms with E-state index in [1.807, 2.05) is 40.9 Å². The topological polar surface area (TPSA) is 63.0 Å². The lowest BCUT2D eigenvalue weighted by atomic mass is 10.1. The van der Waals surface area contributed by atoms with Gasteiger partial charge in [0.1, 0.15) is 5.82 Å². The van der Waals surface area contributed by atoms with Crippen molar-refractivity contribution in [2.24, 2.45) is 0 Å². The van der Waals surface area contributed by atoms with Gasteiger partial charge in [-0.25, -0.2) is 9.78 Å². The SMILES string of the molecule is COC(=O)N1CCN(c2cc(-c3ccccc3)nc3ccnn23)CC1. The number of nitrogens with zero attached hydrogens (tertiary/aromatic N) is 5. The number of fused-ring (bicyclic) bond motifs is 1. The van der Waals surface area contributed by atoms with Gasteiger partial charge in [-0.1, -0.05) is 30.3 Å². The molecule has 1 saturated heterocycles. The van der Waals surface area contributed by atoms with Crippen LogP contribution in [0.15, 0.2) is 48.7 Å². The highest BCUT2D eigenvalue weighted by Crippen LogP contribution is 2.25. The molecule has 0 aliphatic carbocycles. The van der Waals surface area contributed by atoms with Gasteiger partial charge >= 0.3 is 6.09 Å². The number of anilines is 1. The van der Waals surface area contributed by atoms with E-state index in [1.165, 1.54) is 7.11 Å². The molecule has 3 heterocycles. The Morgan fingerprint density at radius 3 is 2.56 bits per heavy atom. The van der Waals surface area contributed by atoms with Crippen LogP contribution in [-0.4, -0.2) is 58.9 Å². The fraction of sp³-hybridized carbons (Fsp3) is 0.278. The normalized spacial score (nSPS) is 14.8. The minimum absolute atomic E-state index is 0.274. The monoisotopic (exact) mass is 337 g/mol. The number of piperazine rings is 1. The van der Waals surface area contributed by atoms with E-state index in [9.17, 15) is 4.79 Å². The van der Waals surface area contributed by atoms with Gasteiger partial charge in [0, 0.05) is 43.9 Å². The van der Waals surface area contributed by atoms with Crippen molar-refractivity contribution in [1.29, 1.82) is 0 Å². The number of aromatic nitrogens is 3. The summed E-state index contributed by atoms with van der Waals surface area (Å²) in [4.78, 5) is 20.3. The van der Waals surface area contributed by atoms with E-state index in [2.05, 4.69) is 16.1 Å². The standard InChI is InChI=1S/C18H19N5O2/c1-25-18(24)22-11-9-21(10-12-22)17-13-15(14-5-3-2-4-6-14)20-16-7-8-19-23(16)17/h2-8,13H,9-12H2,1H3. The number of carbonyl (C=O) groups is 1. The summed E-state index contributed by atoms with van der Waals surface area (Å²) >= 11 is 0. The number of ether oxygens (including phenoxy) is 1. The first-order valence-corrected chi connectivity index (χ1v) is 8.24. The number of hydrogen-bond donors (Lipinski definition) is 0. The van der Waals surface area contributed by atoms with Crippen molar-refractivity contribution in [2.45, 2.75) is 0 Å². The van der Waals surface area contributed by atoms with Crippen molar-refractivity contribution < 1.29 is 9.53 Å². The van der Waals surface area contributed by atoms with Gasteiger partial charge in [0.25, 0.3) is 0 Å². The molecule has 0 saturated carbocycles. The highest BCUT2D eigenvalue weighted by Gasteiger charge is 2.23. The Kier molecular flexibility index (Phi) is 3.97. The van der Waals surface area contributed by atoms with Gasteiger partial charge in [0.05, 0.1) is 19.0 Å². The van der Waals surface area contributed by atoms with Crippen LogP contribution < -0.4 is 4.90 Å². The number of benzene rings is 1. The molecule has 2 aromatic heterocycles. The number of amides is 1. The van der Waals surface area contributed by atoms with Gasteiger partial charge in [0.2, 0.25) is 0 Å². The summed E-state index contributed by atoms with van der Waals surface area (Å²) in [6.07, 6.45) is 1.48. The Labute approximate surface area is 145 Å². The first-order chi connectivity index (χ1) is 12.3. The Balaban J connectivity index is 1.68. The average Bonchev–Trinajstić information content (AvgIpc) is 3.16. The zero-order valence-corrected chi connectivity index (χ0v) is 14.0. The number of carbonyl (C=O) groups excluding carboxylic acids is 1. The molecule has 0 radical (unpaired) electrons. The number of methoxy groups -OCH3 is 1. The molecule has 7 heteroatoms. The van der Waals surface area contributed by atoms with Gasteiger partial charge in [0.15, 0.2) is 5.65 Å². The average molecular weight is 337 g/mol. The summed E-state index contributed by atoms with van der Waals surface area (Å²) in [5.74, 6) is 0.985. The summed E-state index contributed by atoms with van der Waals surface area (Å²) in [6.45, 7) is 2.70. The molecule has 4 rings (SSSR count). The van der Waals surface area contributed by atoms with E-state index in [1.54, 1.807) is 11.1 Å². The summed E-state index contributed by atoms with van der Waals surface area (Å²) < 4.78 is 6.65. The molecular formula is C18H19N5O2. The van der Waals surface area contributed by atoms with Crippen molar-refractivity contribution >= 4 is 17.6 Å². The number of hydrogen-bond acceptors (Lipinski definition) is 5. The molecule has 1 aromatic carbocycles. The lowest BCUT2D eigenvalue weighted by Crippen LogP contribution is -2.49. The van der Waals surface area contributed by atoms with Crippen molar-refractivity contribution in [3.8, 4) is 11.3 Å². The Morgan fingerprint density at radius 2 is 1.84 bits per heavy atom. The fourth-order valence-electron chi connectivity index (χ4n) is 3.13. The second-order valence-corrected chi connectivity index (χ2v) is 5.91. The molecule has 0 bridgehead atoms. The number of rotatable bonds is 2. The second-order valence-electron chi connectivity index (χ2n) is 5.91. The zero-order chi connectivity index (χ0) is 17.2. The van der Waals surface area contributed by atoms with E-state index in [4.69, 9.17) is 9.72 Å². The highest BCUT2D eigenvalue weighted by atomic mass is 16.5. The lowest BCUT2D eigenvalue weighted by molar-refractivity contribution is 0.121. The van der Waals surface area contributed by atoms with E-state index in [0.29, 0.717) is 13.1 Å². The van der Waals surface area contributed by atoms with Crippen LogP contribution in [0.3, 0.4) is 0 Å². The minimum atomic E-state index is -0.274. The molecular weight excluding hydrogens is 318 g/mol. The Bertz CT molecular complexity index is 885. The molecule has 0 spiro atoms. The summed E-state index contributed by atoms with van der Waals surface area (Å²) in [5.41, 5.74) is 2.80. The molecule has 3 aromatic rings. The van der Waals surface area contributed by atoms with E-state index < -0.39 is 0 Å². The summed E-state index contributed by atoms with van der Waals surface area (Å²) in [5, 5.41) is 4.41. The maximum Gasteiger partial charge on any atom is 0.409 e. The molecule has 0 atom stereocenters. The highest BCUT2D eigenvalue weighted by molar-refractivity contribution is 5.69. The van der Waals surface area contributed by atoms with Gasteiger partial charge in [-0.15, -0.1) is 0 Å². The molecule has 7 nitrogen and oxygen atoms in total. The first kappa shape index (κ1) is 15.4. The van der Waals surface area contributed by atoms with E-state index >= 15 is 0 Å². The van der Waals surface area contributed by atoms with Crippen molar-refractivity contribution in [3.05, 3.63) is 48.7 Å². The lowest BCUT2D eigenvalue weighted by Gasteiger charge is -2.35. The molecule has 0 unspecified atom stereocenters. The van der Waals surface area contributed by atoms with Crippen LogP contribution in [0.4, 0.5) is 10.6 Å². The van der Waals surface area contributed by atoms with Gasteiger partial charge in [-0.2, -0.15) is 9.61 Å². The van der Waals surface area contributed by atoms with Crippen molar-refractivity contribution in [1.82, 2.24) is 19.5 Å². The third-order valence-electron chi connectivity index (χ3n) is 4.45. The Hall–Kier alpha value is -3.09. The molecule has 0 N–H and O–H groups in total. The van der Waals surface area contributed by atoms with Crippen LogP contribution in [0.2, 0.25) is 0 Å². The third kappa shape index (κ3) is 2.88. The van der Waals surface area contributed by atoms with E-state index in [0.717, 1.165) is 35.8 Å². The van der Waals surface area contributed by atoms with Gasteiger partial charge < -0.3 is 14.5 Å². The third-order valence-corrected chi connectivity index (χ3v) is 4.45. The zero-order valence-electron chi connectivity index (χ0n) is 14.0. The van der Waals surface area contributed by atoms with E-state index in [-0.39, 0.29) is 6.09 Å². The van der Waals surface area contributed by atoms with Crippen LogP contribution >= 0.6 is 0 Å². The molecule has 1 aliphatic rings. The molecule has 1 fully saturated rings. The van der Waals surface area contributed by atoms with Crippen molar-refractivity contribution in [3.63, 3.8) is 0 Å². The molecule has 1 aliphatic heterocycles. The summed E-state index contributed by atoms with van der Waals surface area (Å²) in [7, 11) is 1.41. The van der Waals surface area contributed by atoms with Crippen LogP contribution in [0.5, 0.6) is 0 Å². The van der Waals surface area contributed by atoms with Crippen LogP contribution in [0.1, 0.15) is 0 Å². The van der Waals surface area contributed by atoms with Gasteiger partial charge in [-0.3, -0.25) is 0 Å². The quantitative estimate of drug-likeness (QED) is 0.718. The largest absolute Gasteiger partial charge is 0.453 e. The minimum Gasteiger partial charge on any atom is -0.453 e. The van der Waals surface area contributed by atoms with Crippen molar-refractivity contribution in [2.75, 3.05) is 38.2 Å². The molecule has 25 heavy (non-hydrogen) atoms. The maximum atomic E-state index is 11.7. The van der Waals surface area contributed by atoms with Crippen LogP contribution in [-0.2, 0) is 4.74 Å². The van der Waals surface area contributed by atoms with Crippen LogP contribution in [0.25, 0.3) is 16.9 Å². The second kappa shape index (κ2) is 6.43. The molecule has 128 valence electrons. The first-order valence-electron chi connectivity index (χ1n) is 8.24. The Morgan fingerprint density at radius 1 is 1.08 bits per heavy atom. The predicted molar refractivity (Wildman–Crippen MR) is 94.6 cm³/mol.